The molecule has 118 valence electrons. The summed E-state index contributed by atoms with van der Waals surface area (Å²) < 4.78 is 3.47. The third-order valence-corrected chi connectivity index (χ3v) is 4.68. The summed E-state index contributed by atoms with van der Waals surface area (Å²) in [5.74, 6) is -0.1000. The van der Waals surface area contributed by atoms with E-state index in [0.717, 1.165) is 24.2 Å². The molecule has 1 N–H and O–H groups in total. The van der Waals surface area contributed by atoms with E-state index in [-0.39, 0.29) is 5.91 Å². The lowest BCUT2D eigenvalue weighted by Gasteiger charge is -2.10. The molecule has 0 unspecified atom stereocenters. The Balaban J connectivity index is 1.67. The van der Waals surface area contributed by atoms with Gasteiger partial charge < -0.3 is 5.32 Å². The summed E-state index contributed by atoms with van der Waals surface area (Å²) in [4.78, 5) is 12.2. The fraction of sp³-hybridized carbons (Fsp3) is 0.533. The van der Waals surface area contributed by atoms with Crippen LogP contribution in [-0.2, 0) is 6.67 Å². The van der Waals surface area contributed by atoms with E-state index in [2.05, 4.69) is 15.5 Å². The smallest absolute Gasteiger partial charge is 0.271 e. The van der Waals surface area contributed by atoms with Crippen molar-refractivity contribution in [2.75, 3.05) is 0 Å². The highest BCUT2D eigenvalue weighted by Crippen LogP contribution is 2.19. The molecular formula is C15H20ClN5O. The Hall–Kier alpha value is -1.82. The van der Waals surface area contributed by atoms with E-state index >= 15 is 0 Å². The van der Waals surface area contributed by atoms with Gasteiger partial charge in [-0.15, -0.1) is 0 Å². The molecule has 1 aliphatic rings. The summed E-state index contributed by atoms with van der Waals surface area (Å²) in [5, 5.41) is 12.4. The summed E-state index contributed by atoms with van der Waals surface area (Å²) in [6, 6.07) is 2.03. The lowest BCUT2D eigenvalue weighted by Crippen LogP contribution is -2.33. The fourth-order valence-corrected chi connectivity index (χ4v) is 2.98. The predicted octanol–water partition coefficient (Wildman–Crippen LogP) is 2.53. The Morgan fingerprint density at radius 1 is 1.36 bits per heavy atom. The molecule has 0 aliphatic heterocycles. The van der Waals surface area contributed by atoms with Gasteiger partial charge in [-0.1, -0.05) is 24.4 Å². The van der Waals surface area contributed by atoms with Crippen molar-refractivity contribution < 1.29 is 4.79 Å². The van der Waals surface area contributed by atoms with Crippen molar-refractivity contribution in [2.45, 2.75) is 52.2 Å². The van der Waals surface area contributed by atoms with Gasteiger partial charge in [0.25, 0.3) is 5.91 Å². The molecule has 22 heavy (non-hydrogen) atoms. The molecule has 0 spiro atoms. The average Bonchev–Trinajstić information content (AvgIpc) is 3.20. The zero-order chi connectivity index (χ0) is 15.7. The van der Waals surface area contributed by atoms with Crippen molar-refractivity contribution in [1.82, 2.24) is 24.9 Å². The molecule has 3 rings (SSSR count). The lowest BCUT2D eigenvalue weighted by molar-refractivity contribution is 0.0932. The third-order valence-electron chi connectivity index (χ3n) is 4.14. The minimum atomic E-state index is -0.1000. The van der Waals surface area contributed by atoms with Gasteiger partial charge in [0.05, 0.1) is 16.4 Å². The van der Waals surface area contributed by atoms with E-state index < -0.39 is 0 Å². The van der Waals surface area contributed by atoms with Crippen molar-refractivity contribution >= 4 is 17.5 Å². The summed E-state index contributed by atoms with van der Waals surface area (Å²) in [5.41, 5.74) is 2.14. The van der Waals surface area contributed by atoms with Gasteiger partial charge in [-0.25, -0.2) is 4.68 Å². The Morgan fingerprint density at radius 2 is 2.09 bits per heavy atom. The Kier molecular flexibility index (Phi) is 4.20. The first-order chi connectivity index (χ1) is 10.5. The third kappa shape index (κ3) is 3.02. The second-order valence-electron chi connectivity index (χ2n) is 5.82. The number of halogens is 1. The maximum atomic E-state index is 12.2. The van der Waals surface area contributed by atoms with Gasteiger partial charge in [0.15, 0.2) is 0 Å². The van der Waals surface area contributed by atoms with Gasteiger partial charge in [-0.3, -0.25) is 9.48 Å². The van der Waals surface area contributed by atoms with Crippen LogP contribution in [0.15, 0.2) is 12.3 Å². The highest BCUT2D eigenvalue weighted by Gasteiger charge is 2.19. The van der Waals surface area contributed by atoms with E-state index in [4.69, 9.17) is 11.6 Å². The molecule has 0 aromatic carbocycles. The number of aromatic nitrogens is 4. The maximum absolute atomic E-state index is 12.2. The maximum Gasteiger partial charge on any atom is 0.271 e. The van der Waals surface area contributed by atoms with Crippen LogP contribution in [0.2, 0.25) is 5.02 Å². The predicted molar refractivity (Wildman–Crippen MR) is 84.1 cm³/mol. The number of hydrogen-bond acceptors (Lipinski definition) is 3. The zero-order valence-corrected chi connectivity index (χ0v) is 13.6. The number of amides is 1. The molecule has 0 radical (unpaired) electrons. The van der Waals surface area contributed by atoms with Crippen LogP contribution in [0.3, 0.4) is 0 Å². The molecule has 0 saturated heterocycles. The molecule has 1 fully saturated rings. The van der Waals surface area contributed by atoms with E-state index in [1.807, 2.05) is 13.8 Å². The molecule has 0 atom stereocenters. The van der Waals surface area contributed by atoms with Gasteiger partial charge in [0.2, 0.25) is 0 Å². The summed E-state index contributed by atoms with van der Waals surface area (Å²) in [7, 11) is 0. The Labute approximate surface area is 134 Å². The first-order valence-corrected chi connectivity index (χ1v) is 7.96. The number of nitrogens with one attached hydrogen (secondary N) is 1. The minimum Gasteiger partial charge on any atom is -0.348 e. The van der Waals surface area contributed by atoms with Crippen LogP contribution in [0.5, 0.6) is 0 Å². The fourth-order valence-electron chi connectivity index (χ4n) is 2.84. The first-order valence-electron chi connectivity index (χ1n) is 7.58. The molecule has 1 saturated carbocycles. The van der Waals surface area contributed by atoms with Crippen molar-refractivity contribution in [3.63, 3.8) is 0 Å². The van der Waals surface area contributed by atoms with Crippen LogP contribution in [0.25, 0.3) is 0 Å². The van der Waals surface area contributed by atoms with Gasteiger partial charge in [0, 0.05) is 12.2 Å². The summed E-state index contributed by atoms with van der Waals surface area (Å²) in [6.45, 7) is 4.23. The number of rotatable bonds is 4. The second-order valence-corrected chi connectivity index (χ2v) is 6.20. The standard InChI is InChI=1S/C15H20ClN5O/c1-10-14(16)11(2)21(18-10)9-20-8-7-13(19-20)15(22)17-12-5-3-4-6-12/h7-8,12H,3-6,9H2,1-2H3,(H,17,22). The second kappa shape index (κ2) is 6.12. The van der Waals surface area contributed by atoms with E-state index in [1.165, 1.54) is 12.8 Å². The average molecular weight is 322 g/mol. The van der Waals surface area contributed by atoms with Crippen LogP contribution in [0.4, 0.5) is 0 Å². The molecule has 2 aromatic rings. The molecular weight excluding hydrogens is 302 g/mol. The number of hydrogen-bond donors (Lipinski definition) is 1. The molecule has 2 aromatic heterocycles. The minimum absolute atomic E-state index is 0.1000. The normalized spacial score (nSPS) is 15.4. The van der Waals surface area contributed by atoms with Crippen molar-refractivity contribution in [3.8, 4) is 0 Å². The SMILES string of the molecule is Cc1nn(Cn2ccc(C(=O)NC3CCCC3)n2)c(C)c1Cl. The Morgan fingerprint density at radius 3 is 2.73 bits per heavy atom. The molecule has 1 amide bonds. The van der Waals surface area contributed by atoms with Crippen molar-refractivity contribution in [2.24, 2.45) is 0 Å². The number of carbonyl (C=O) groups is 1. The Bertz CT molecular complexity index is 684. The number of carbonyl (C=O) groups excluding carboxylic acids is 1. The van der Waals surface area contributed by atoms with Gasteiger partial charge in [-0.05, 0) is 32.8 Å². The molecule has 2 heterocycles. The number of nitrogens with zero attached hydrogens (tertiary/aromatic N) is 4. The largest absolute Gasteiger partial charge is 0.348 e. The topological polar surface area (TPSA) is 64.7 Å². The van der Waals surface area contributed by atoms with E-state index in [9.17, 15) is 4.79 Å². The lowest BCUT2D eigenvalue weighted by atomic mass is 10.2. The van der Waals surface area contributed by atoms with Crippen molar-refractivity contribution in [1.29, 1.82) is 0 Å². The molecule has 0 bridgehead atoms. The molecule has 7 heteroatoms. The summed E-state index contributed by atoms with van der Waals surface area (Å²) >= 11 is 6.14. The van der Waals surface area contributed by atoms with E-state index in [0.29, 0.717) is 23.4 Å². The highest BCUT2D eigenvalue weighted by atomic mass is 35.5. The van der Waals surface area contributed by atoms with Gasteiger partial charge in [-0.2, -0.15) is 10.2 Å². The van der Waals surface area contributed by atoms with Crippen molar-refractivity contribution in [3.05, 3.63) is 34.4 Å². The van der Waals surface area contributed by atoms with Gasteiger partial charge in [0.1, 0.15) is 12.4 Å². The van der Waals surface area contributed by atoms with Crippen LogP contribution >= 0.6 is 11.6 Å². The molecule has 6 nitrogen and oxygen atoms in total. The molecule has 1 aliphatic carbocycles. The van der Waals surface area contributed by atoms with Crippen LogP contribution < -0.4 is 5.32 Å². The van der Waals surface area contributed by atoms with Crippen LogP contribution in [0, 0.1) is 13.8 Å². The monoisotopic (exact) mass is 321 g/mol. The highest BCUT2D eigenvalue weighted by molar-refractivity contribution is 6.31. The van der Waals surface area contributed by atoms with Gasteiger partial charge >= 0.3 is 0 Å². The van der Waals surface area contributed by atoms with Crippen LogP contribution in [0.1, 0.15) is 47.6 Å². The number of aryl methyl sites for hydroxylation is 1. The summed E-state index contributed by atoms with van der Waals surface area (Å²) in [6.07, 6.45) is 6.30. The van der Waals surface area contributed by atoms with E-state index in [1.54, 1.807) is 21.6 Å². The van der Waals surface area contributed by atoms with Crippen LogP contribution in [-0.4, -0.2) is 31.5 Å². The first kappa shape index (κ1) is 15.1. The zero-order valence-electron chi connectivity index (χ0n) is 12.8. The quantitative estimate of drug-likeness (QED) is 0.941.